The highest BCUT2D eigenvalue weighted by Crippen LogP contribution is 2.24. The predicted molar refractivity (Wildman–Crippen MR) is 84.6 cm³/mol. The number of halogens is 2. The van der Waals surface area contributed by atoms with Gasteiger partial charge in [0.15, 0.2) is 0 Å². The largest absolute Gasteiger partial charge is 0.288 e. The van der Waals surface area contributed by atoms with Crippen molar-refractivity contribution in [2.24, 2.45) is 5.10 Å². The molecule has 1 N–H and O–H groups in total. The van der Waals surface area contributed by atoms with Crippen LogP contribution in [-0.2, 0) is 0 Å². The Hall–Kier alpha value is -2.44. The van der Waals surface area contributed by atoms with Crippen LogP contribution < -0.4 is 5.43 Å². The van der Waals surface area contributed by atoms with Crippen LogP contribution in [0.1, 0.15) is 15.9 Å². The molecule has 0 saturated heterocycles. The number of hydrogen-bond donors (Lipinski definition) is 1. The van der Waals surface area contributed by atoms with Gasteiger partial charge >= 0.3 is 0 Å². The fourth-order valence-electron chi connectivity index (χ4n) is 1.58. The van der Waals surface area contributed by atoms with Crippen molar-refractivity contribution >= 4 is 41.0 Å². The number of hydrazone groups is 1. The molecule has 2 rings (SSSR count). The Morgan fingerprint density at radius 3 is 2.50 bits per heavy atom. The Morgan fingerprint density at radius 1 is 1.18 bits per heavy atom. The number of nitrogens with zero attached hydrogens (tertiary/aromatic N) is 2. The maximum absolute atomic E-state index is 11.8. The Morgan fingerprint density at radius 2 is 1.86 bits per heavy atom. The first-order chi connectivity index (χ1) is 10.5. The van der Waals surface area contributed by atoms with Gasteiger partial charge in [-0.1, -0.05) is 29.3 Å². The van der Waals surface area contributed by atoms with Crippen molar-refractivity contribution in [3.05, 3.63) is 73.8 Å². The Kier molecular flexibility index (Phi) is 5.08. The number of rotatable bonds is 4. The van der Waals surface area contributed by atoms with E-state index in [-0.39, 0.29) is 10.7 Å². The van der Waals surface area contributed by atoms with Crippen LogP contribution >= 0.6 is 23.2 Å². The molecule has 0 saturated carbocycles. The summed E-state index contributed by atoms with van der Waals surface area (Å²) in [5, 5.41) is 15.1. The van der Waals surface area contributed by atoms with Crippen LogP contribution in [0.4, 0.5) is 5.69 Å². The van der Waals surface area contributed by atoms with Gasteiger partial charge in [-0.3, -0.25) is 14.9 Å². The molecule has 0 fully saturated rings. The Labute approximate surface area is 135 Å². The van der Waals surface area contributed by atoms with Gasteiger partial charge in [0.25, 0.3) is 11.6 Å². The monoisotopic (exact) mass is 337 g/mol. The minimum Gasteiger partial charge on any atom is -0.267 e. The van der Waals surface area contributed by atoms with Crippen molar-refractivity contribution in [1.82, 2.24) is 5.43 Å². The number of carbonyl (C=O) groups is 1. The molecule has 22 heavy (non-hydrogen) atoms. The number of nitro groups is 1. The van der Waals surface area contributed by atoms with Gasteiger partial charge in [0.05, 0.1) is 11.1 Å². The number of benzene rings is 2. The molecule has 2 aromatic carbocycles. The smallest absolute Gasteiger partial charge is 0.267 e. The fourth-order valence-corrected chi connectivity index (χ4v) is 1.89. The topological polar surface area (TPSA) is 84.6 Å². The van der Waals surface area contributed by atoms with E-state index in [2.05, 4.69) is 10.5 Å². The highest BCUT2D eigenvalue weighted by atomic mass is 35.5. The molecule has 0 aliphatic rings. The van der Waals surface area contributed by atoms with Gasteiger partial charge in [0.1, 0.15) is 5.02 Å². The molecule has 1 amide bonds. The third kappa shape index (κ3) is 4.03. The summed E-state index contributed by atoms with van der Waals surface area (Å²) < 4.78 is 0. The maximum atomic E-state index is 11.8. The van der Waals surface area contributed by atoms with Gasteiger partial charge in [-0.25, -0.2) is 5.43 Å². The Bertz CT molecular complexity index is 745. The molecule has 0 spiro atoms. The number of carbonyl (C=O) groups excluding carboxylic acids is 1. The van der Waals surface area contributed by atoms with Crippen molar-refractivity contribution in [2.45, 2.75) is 0 Å². The van der Waals surface area contributed by atoms with Crippen LogP contribution in [0.15, 0.2) is 47.6 Å². The van der Waals surface area contributed by atoms with Gasteiger partial charge < -0.3 is 0 Å². The second-order valence-electron chi connectivity index (χ2n) is 4.17. The highest BCUT2D eigenvalue weighted by molar-refractivity contribution is 6.32. The van der Waals surface area contributed by atoms with E-state index in [1.54, 1.807) is 30.3 Å². The zero-order valence-corrected chi connectivity index (χ0v) is 12.5. The standard InChI is InChI=1S/C14H9Cl2N3O3/c15-11-4-2-10(3-5-11)14(20)18-17-8-9-1-6-12(16)13(7-9)19(21)22/h1-8H,(H,18,20)/b17-8+. The molecule has 0 radical (unpaired) electrons. The molecular formula is C14H9Cl2N3O3. The molecule has 6 nitrogen and oxygen atoms in total. The number of nitrogens with one attached hydrogen (secondary N) is 1. The van der Waals surface area contributed by atoms with Crippen LogP contribution in [0.2, 0.25) is 10.0 Å². The van der Waals surface area contributed by atoms with Crippen LogP contribution in [0.5, 0.6) is 0 Å². The molecule has 2 aromatic rings. The second kappa shape index (κ2) is 7.02. The highest BCUT2D eigenvalue weighted by Gasteiger charge is 2.11. The zero-order valence-electron chi connectivity index (χ0n) is 11.0. The normalized spacial score (nSPS) is 10.6. The number of hydrogen-bond acceptors (Lipinski definition) is 4. The molecular weight excluding hydrogens is 329 g/mol. The van der Waals surface area contributed by atoms with Gasteiger partial charge in [-0.15, -0.1) is 0 Å². The van der Waals surface area contributed by atoms with Crippen LogP contribution in [0, 0.1) is 10.1 Å². The summed E-state index contributed by atoms with van der Waals surface area (Å²) >= 11 is 11.4. The van der Waals surface area contributed by atoms with Crippen molar-refractivity contribution in [2.75, 3.05) is 0 Å². The van der Waals surface area contributed by atoms with E-state index in [0.29, 0.717) is 16.1 Å². The second-order valence-corrected chi connectivity index (χ2v) is 5.02. The molecule has 0 aromatic heterocycles. The first kappa shape index (κ1) is 15.9. The van der Waals surface area contributed by atoms with Gasteiger partial charge in [-0.05, 0) is 30.3 Å². The van der Waals surface area contributed by atoms with Crippen LogP contribution in [0.25, 0.3) is 0 Å². The maximum Gasteiger partial charge on any atom is 0.288 e. The van der Waals surface area contributed by atoms with E-state index >= 15 is 0 Å². The summed E-state index contributed by atoms with van der Waals surface area (Å²) in [6.45, 7) is 0. The van der Waals surface area contributed by atoms with E-state index < -0.39 is 10.8 Å². The van der Waals surface area contributed by atoms with Crippen molar-refractivity contribution in [3.8, 4) is 0 Å². The predicted octanol–water partition coefficient (Wildman–Crippen LogP) is 3.67. The summed E-state index contributed by atoms with van der Waals surface area (Å²) in [5.41, 5.74) is 2.92. The summed E-state index contributed by atoms with van der Waals surface area (Å²) in [6, 6.07) is 10.5. The van der Waals surface area contributed by atoms with Crippen LogP contribution in [-0.4, -0.2) is 17.0 Å². The Balaban J connectivity index is 2.06. The summed E-state index contributed by atoms with van der Waals surface area (Å²) in [4.78, 5) is 22.0. The molecule has 0 aliphatic heterocycles. The average Bonchev–Trinajstić information content (AvgIpc) is 2.49. The third-order valence-electron chi connectivity index (χ3n) is 2.65. The molecule has 0 atom stereocenters. The molecule has 8 heteroatoms. The summed E-state index contributed by atoms with van der Waals surface area (Å²) in [6.07, 6.45) is 1.29. The van der Waals surface area contributed by atoms with Crippen molar-refractivity contribution in [1.29, 1.82) is 0 Å². The quantitative estimate of drug-likeness (QED) is 0.524. The SMILES string of the molecule is O=C(N/N=C/c1ccc(Cl)c([N+](=O)[O-])c1)c1ccc(Cl)cc1. The van der Waals surface area contributed by atoms with Gasteiger partial charge in [0, 0.05) is 22.2 Å². The first-order valence-corrected chi connectivity index (χ1v) is 6.76. The fraction of sp³-hybridized carbons (Fsp3) is 0. The number of nitro benzene ring substituents is 1. The lowest BCUT2D eigenvalue weighted by Gasteiger charge is -2.00. The lowest BCUT2D eigenvalue weighted by atomic mass is 10.2. The van der Waals surface area contributed by atoms with E-state index in [1.165, 1.54) is 18.3 Å². The molecule has 0 aliphatic carbocycles. The van der Waals surface area contributed by atoms with Crippen molar-refractivity contribution < 1.29 is 9.72 Å². The average molecular weight is 338 g/mol. The van der Waals surface area contributed by atoms with E-state index in [4.69, 9.17) is 23.2 Å². The number of amides is 1. The van der Waals surface area contributed by atoms with Gasteiger partial charge in [0.2, 0.25) is 0 Å². The lowest BCUT2D eigenvalue weighted by molar-refractivity contribution is -0.384. The molecule has 0 unspecified atom stereocenters. The molecule has 0 heterocycles. The molecule has 112 valence electrons. The van der Waals surface area contributed by atoms with Crippen molar-refractivity contribution in [3.63, 3.8) is 0 Å². The zero-order chi connectivity index (χ0) is 16.1. The minimum absolute atomic E-state index is 0.0346. The minimum atomic E-state index is -0.591. The van der Waals surface area contributed by atoms with E-state index in [9.17, 15) is 14.9 Å². The van der Waals surface area contributed by atoms with Crippen LogP contribution in [0.3, 0.4) is 0 Å². The van der Waals surface area contributed by atoms with Gasteiger partial charge in [-0.2, -0.15) is 5.10 Å². The summed E-state index contributed by atoms with van der Waals surface area (Å²) in [7, 11) is 0. The third-order valence-corrected chi connectivity index (χ3v) is 3.22. The van der Waals surface area contributed by atoms with E-state index in [1.807, 2.05) is 0 Å². The molecule has 0 bridgehead atoms. The first-order valence-electron chi connectivity index (χ1n) is 6.00. The van der Waals surface area contributed by atoms with E-state index in [0.717, 1.165) is 0 Å². The lowest BCUT2D eigenvalue weighted by Crippen LogP contribution is -2.17. The summed E-state index contributed by atoms with van der Waals surface area (Å²) in [5.74, 6) is -0.420.